The van der Waals surface area contributed by atoms with Gasteiger partial charge in [-0.05, 0) is 54.9 Å². The first kappa shape index (κ1) is 28.4. The minimum Gasteiger partial charge on any atom is -0.465 e. The van der Waals surface area contributed by atoms with E-state index in [0.717, 1.165) is 35.1 Å². The second-order valence-corrected chi connectivity index (χ2v) is 10.7. The normalized spacial score (nSPS) is 17.5. The molecule has 0 aliphatic carbocycles. The van der Waals surface area contributed by atoms with Crippen LogP contribution in [0.5, 0.6) is 0 Å². The maximum absolute atomic E-state index is 12.7. The molecule has 0 bridgehead atoms. The number of nitrogens with one attached hydrogen (secondary N) is 3. The molecule has 0 radical (unpaired) electrons. The molecular weight excluding hydrogens is 538 g/mol. The number of likely N-dealkylation sites (tertiary alicyclic amines) is 1. The number of aromatic nitrogens is 4. The van der Waals surface area contributed by atoms with Crippen LogP contribution in [-0.4, -0.2) is 54.3 Å². The molecule has 12 heteroatoms. The second kappa shape index (κ2) is 12.2. The number of carbonyl (C=O) groups is 2. The summed E-state index contributed by atoms with van der Waals surface area (Å²) in [6, 6.07) is 17.1. The SMILES string of the molecule is CC(NC(=O)c1[nH]c(=O)[nH]c(=O)c1N)c1cccc(-c2cnn(CC3CCN(C(=O)O)[C@@H](Cc4ccccc4)C3)c2)c1. The summed E-state index contributed by atoms with van der Waals surface area (Å²) in [7, 11) is 0. The molecule has 2 unspecified atom stereocenters. The van der Waals surface area contributed by atoms with Crippen molar-refractivity contribution in [3.63, 3.8) is 0 Å². The number of nitrogens with zero attached hydrogens (tertiary/aromatic N) is 3. The lowest BCUT2D eigenvalue weighted by molar-refractivity contribution is 0.0850. The molecule has 2 aromatic carbocycles. The van der Waals surface area contributed by atoms with Crippen LogP contribution in [0.3, 0.4) is 0 Å². The van der Waals surface area contributed by atoms with Gasteiger partial charge in [-0.3, -0.25) is 19.3 Å². The van der Waals surface area contributed by atoms with Gasteiger partial charge in [0.25, 0.3) is 11.5 Å². The highest BCUT2D eigenvalue weighted by molar-refractivity contribution is 5.97. The fourth-order valence-corrected chi connectivity index (χ4v) is 5.52. The topological polar surface area (TPSA) is 179 Å². The molecule has 1 aliphatic rings. The van der Waals surface area contributed by atoms with Crippen molar-refractivity contribution in [2.45, 2.75) is 44.8 Å². The van der Waals surface area contributed by atoms with Gasteiger partial charge in [0.2, 0.25) is 0 Å². The van der Waals surface area contributed by atoms with Gasteiger partial charge in [0.1, 0.15) is 11.4 Å². The summed E-state index contributed by atoms with van der Waals surface area (Å²) in [5.74, 6) is -0.381. The predicted molar refractivity (Wildman–Crippen MR) is 157 cm³/mol. The molecule has 0 spiro atoms. The lowest BCUT2D eigenvalue weighted by atomic mass is 9.87. The van der Waals surface area contributed by atoms with Crippen molar-refractivity contribution in [3.8, 4) is 11.1 Å². The summed E-state index contributed by atoms with van der Waals surface area (Å²) < 4.78 is 1.90. The Hall–Kier alpha value is -5.13. The summed E-state index contributed by atoms with van der Waals surface area (Å²) in [5, 5.41) is 17.1. The Morgan fingerprint density at radius 1 is 1.12 bits per heavy atom. The van der Waals surface area contributed by atoms with Crippen LogP contribution in [0.2, 0.25) is 0 Å². The third kappa shape index (κ3) is 6.43. The Kier molecular flexibility index (Phi) is 8.23. The van der Waals surface area contributed by atoms with Gasteiger partial charge in [0, 0.05) is 30.9 Å². The van der Waals surface area contributed by atoms with Crippen LogP contribution in [0, 0.1) is 5.92 Å². The lowest BCUT2D eigenvalue weighted by Gasteiger charge is -2.38. The number of nitrogen functional groups attached to an aromatic ring is 1. The molecule has 1 aliphatic heterocycles. The number of carboxylic acid groups (broad SMARTS) is 1. The molecule has 4 aromatic rings. The Bertz CT molecular complexity index is 1690. The van der Waals surface area contributed by atoms with E-state index >= 15 is 0 Å². The van der Waals surface area contributed by atoms with E-state index in [9.17, 15) is 24.3 Å². The average Bonchev–Trinajstić information content (AvgIpc) is 3.44. The van der Waals surface area contributed by atoms with Crippen LogP contribution >= 0.6 is 0 Å². The van der Waals surface area contributed by atoms with E-state index in [1.807, 2.05) is 70.5 Å². The summed E-state index contributed by atoms with van der Waals surface area (Å²) in [5.41, 5.74) is 7.15. The zero-order chi connectivity index (χ0) is 29.8. The van der Waals surface area contributed by atoms with Crippen LogP contribution in [0.25, 0.3) is 11.1 Å². The van der Waals surface area contributed by atoms with E-state index in [2.05, 4.69) is 15.4 Å². The number of benzene rings is 2. The zero-order valence-corrected chi connectivity index (χ0v) is 23.1. The molecule has 42 heavy (non-hydrogen) atoms. The van der Waals surface area contributed by atoms with Gasteiger partial charge in [-0.1, -0.05) is 48.5 Å². The van der Waals surface area contributed by atoms with E-state index in [4.69, 9.17) is 5.73 Å². The van der Waals surface area contributed by atoms with Gasteiger partial charge in [0.05, 0.1) is 12.2 Å². The summed E-state index contributed by atoms with van der Waals surface area (Å²) in [4.78, 5) is 53.8. The standard InChI is InChI=1S/C30H33N7O5/c1-18(33-28(39)26-25(31)27(38)35-29(40)34-26)21-8-5-9-22(14-21)23-15-32-36(17-23)16-20-10-11-37(30(41)42)24(13-20)12-19-6-3-2-4-7-19/h2-9,14-15,17-18,20,24H,10-13,16,31H2,1H3,(H,33,39)(H,41,42)(H2,34,35,38,40)/t18?,20?,24-/m0/s1. The van der Waals surface area contributed by atoms with Crippen LogP contribution in [-0.2, 0) is 13.0 Å². The van der Waals surface area contributed by atoms with E-state index in [0.29, 0.717) is 19.5 Å². The first-order valence-corrected chi connectivity index (χ1v) is 13.8. The number of piperidine rings is 1. The van der Waals surface area contributed by atoms with Crippen molar-refractivity contribution >= 4 is 17.7 Å². The number of rotatable bonds is 8. The number of hydrogen-bond acceptors (Lipinski definition) is 6. The highest BCUT2D eigenvalue weighted by Crippen LogP contribution is 2.28. The molecule has 5 rings (SSSR count). The maximum atomic E-state index is 12.7. The minimum absolute atomic E-state index is 0.0884. The molecular formula is C30H33N7O5. The van der Waals surface area contributed by atoms with Crippen molar-refractivity contribution < 1.29 is 14.7 Å². The molecule has 6 N–H and O–H groups in total. The average molecular weight is 572 g/mol. The van der Waals surface area contributed by atoms with Gasteiger partial charge < -0.3 is 26.0 Å². The molecule has 2 aromatic heterocycles. The van der Waals surface area contributed by atoms with Crippen LogP contribution < -0.4 is 22.3 Å². The molecule has 3 heterocycles. The van der Waals surface area contributed by atoms with Crippen molar-refractivity contribution in [3.05, 3.63) is 105 Å². The fraction of sp³-hybridized carbons (Fsp3) is 0.300. The van der Waals surface area contributed by atoms with Gasteiger partial charge in [-0.25, -0.2) is 9.59 Å². The number of anilines is 1. The summed E-state index contributed by atoms with van der Waals surface area (Å²) >= 11 is 0. The molecule has 2 amide bonds. The molecule has 12 nitrogen and oxygen atoms in total. The van der Waals surface area contributed by atoms with E-state index in [1.165, 1.54) is 0 Å². The summed E-state index contributed by atoms with van der Waals surface area (Å²) in [6.45, 7) is 2.96. The Morgan fingerprint density at radius 3 is 2.67 bits per heavy atom. The molecule has 0 saturated carbocycles. The number of H-pyrrole nitrogens is 2. The molecule has 3 atom stereocenters. The smallest absolute Gasteiger partial charge is 0.407 e. The first-order chi connectivity index (χ1) is 20.2. The number of carbonyl (C=O) groups excluding carboxylic acids is 1. The predicted octanol–water partition coefficient (Wildman–Crippen LogP) is 3.00. The molecule has 1 fully saturated rings. The Morgan fingerprint density at radius 2 is 1.90 bits per heavy atom. The largest absolute Gasteiger partial charge is 0.465 e. The van der Waals surface area contributed by atoms with Gasteiger partial charge in [0.15, 0.2) is 0 Å². The lowest BCUT2D eigenvalue weighted by Crippen LogP contribution is -2.47. The van der Waals surface area contributed by atoms with Crippen molar-refractivity contribution in [2.24, 2.45) is 5.92 Å². The van der Waals surface area contributed by atoms with Gasteiger partial charge in [-0.2, -0.15) is 5.10 Å². The third-order valence-electron chi connectivity index (χ3n) is 7.74. The highest BCUT2D eigenvalue weighted by Gasteiger charge is 2.32. The third-order valence-corrected chi connectivity index (χ3v) is 7.74. The van der Waals surface area contributed by atoms with E-state index < -0.39 is 29.3 Å². The van der Waals surface area contributed by atoms with Crippen molar-refractivity contribution in [1.82, 2.24) is 30.0 Å². The second-order valence-electron chi connectivity index (χ2n) is 10.7. The van der Waals surface area contributed by atoms with E-state index in [-0.39, 0.29) is 23.3 Å². The van der Waals surface area contributed by atoms with Crippen LogP contribution in [0.15, 0.2) is 76.6 Å². The van der Waals surface area contributed by atoms with Crippen LogP contribution in [0.4, 0.5) is 10.5 Å². The quantitative estimate of drug-likeness (QED) is 0.216. The number of hydrogen-bond donors (Lipinski definition) is 5. The minimum atomic E-state index is -0.879. The van der Waals surface area contributed by atoms with E-state index in [1.54, 1.807) is 18.0 Å². The number of aromatic amines is 2. The maximum Gasteiger partial charge on any atom is 0.407 e. The zero-order valence-electron chi connectivity index (χ0n) is 23.1. The monoisotopic (exact) mass is 571 g/mol. The van der Waals surface area contributed by atoms with Gasteiger partial charge in [-0.15, -0.1) is 0 Å². The highest BCUT2D eigenvalue weighted by atomic mass is 16.4. The Labute approximate surface area is 241 Å². The molecule has 218 valence electrons. The van der Waals surface area contributed by atoms with Gasteiger partial charge >= 0.3 is 11.8 Å². The Balaban J connectivity index is 1.25. The fourth-order valence-electron chi connectivity index (χ4n) is 5.52. The van der Waals surface area contributed by atoms with Crippen molar-refractivity contribution in [2.75, 3.05) is 12.3 Å². The number of nitrogens with two attached hydrogens (primary N) is 1. The van der Waals surface area contributed by atoms with Crippen LogP contribution in [0.1, 0.15) is 47.4 Å². The first-order valence-electron chi connectivity index (χ1n) is 13.8. The number of amides is 2. The summed E-state index contributed by atoms with van der Waals surface area (Å²) in [6.07, 6.45) is 5.08. The molecule has 1 saturated heterocycles. The van der Waals surface area contributed by atoms with Crippen molar-refractivity contribution in [1.29, 1.82) is 0 Å².